The van der Waals surface area contributed by atoms with Gasteiger partial charge in [-0.2, -0.15) is 5.10 Å². The van der Waals surface area contributed by atoms with E-state index in [0.717, 1.165) is 27.9 Å². The molecule has 0 atom stereocenters. The number of rotatable bonds is 4. The van der Waals surface area contributed by atoms with Crippen LogP contribution in [-0.2, 0) is 6.42 Å². The molecule has 0 bridgehead atoms. The topological polar surface area (TPSA) is 74.4 Å². The van der Waals surface area contributed by atoms with Gasteiger partial charge in [-0.3, -0.25) is 9.89 Å². The van der Waals surface area contributed by atoms with Crippen molar-refractivity contribution in [2.45, 2.75) is 20.3 Å². The highest BCUT2D eigenvalue weighted by Gasteiger charge is 2.17. The molecule has 26 heavy (non-hydrogen) atoms. The van der Waals surface area contributed by atoms with Crippen molar-refractivity contribution < 1.29 is 4.79 Å². The Kier molecular flexibility index (Phi) is 4.09. The number of carbonyl (C=O) groups excluding carboxylic acids is 1. The zero-order valence-corrected chi connectivity index (χ0v) is 15.2. The van der Waals surface area contributed by atoms with Crippen LogP contribution in [-0.4, -0.2) is 25.9 Å². The van der Waals surface area contributed by atoms with E-state index in [1.165, 1.54) is 5.56 Å². The molecule has 0 aliphatic rings. The van der Waals surface area contributed by atoms with Crippen molar-refractivity contribution in [3.05, 3.63) is 70.1 Å². The summed E-state index contributed by atoms with van der Waals surface area (Å²) in [5, 5.41) is 8.08. The SMILES string of the molecule is Cc1ccc(-c2cc3cc(CC(=O)c4n[nH]c(C)c4Cl)cnc3[nH]2)cc1. The maximum atomic E-state index is 12.4. The van der Waals surface area contributed by atoms with Crippen LogP contribution in [0.2, 0.25) is 5.02 Å². The van der Waals surface area contributed by atoms with Gasteiger partial charge in [0.05, 0.1) is 10.7 Å². The average Bonchev–Trinajstić information content (AvgIpc) is 3.19. The van der Waals surface area contributed by atoms with Crippen molar-refractivity contribution in [1.29, 1.82) is 0 Å². The summed E-state index contributed by atoms with van der Waals surface area (Å²) in [7, 11) is 0. The maximum Gasteiger partial charge on any atom is 0.189 e. The molecule has 0 aliphatic carbocycles. The summed E-state index contributed by atoms with van der Waals surface area (Å²) in [4.78, 5) is 20.2. The van der Waals surface area contributed by atoms with Crippen molar-refractivity contribution in [2.24, 2.45) is 0 Å². The Balaban J connectivity index is 1.62. The van der Waals surface area contributed by atoms with E-state index in [-0.39, 0.29) is 17.9 Å². The molecule has 4 aromatic rings. The molecular weight excluding hydrogens is 348 g/mol. The third kappa shape index (κ3) is 3.02. The molecule has 4 rings (SSSR count). The van der Waals surface area contributed by atoms with Gasteiger partial charge < -0.3 is 4.98 Å². The molecule has 0 saturated heterocycles. The van der Waals surface area contributed by atoms with Crippen molar-refractivity contribution in [2.75, 3.05) is 0 Å². The van der Waals surface area contributed by atoms with Crippen LogP contribution in [0.5, 0.6) is 0 Å². The van der Waals surface area contributed by atoms with Crippen LogP contribution in [0.4, 0.5) is 0 Å². The van der Waals surface area contributed by atoms with E-state index in [1.807, 2.05) is 12.1 Å². The van der Waals surface area contributed by atoms with Gasteiger partial charge in [-0.1, -0.05) is 41.4 Å². The number of ketones is 1. The first-order valence-corrected chi connectivity index (χ1v) is 8.67. The van der Waals surface area contributed by atoms with Crippen LogP contribution in [0.25, 0.3) is 22.3 Å². The van der Waals surface area contributed by atoms with Crippen molar-refractivity contribution in [3.8, 4) is 11.3 Å². The molecule has 0 fully saturated rings. The van der Waals surface area contributed by atoms with E-state index in [9.17, 15) is 4.79 Å². The zero-order valence-electron chi connectivity index (χ0n) is 14.4. The maximum absolute atomic E-state index is 12.4. The van der Waals surface area contributed by atoms with Crippen molar-refractivity contribution >= 4 is 28.4 Å². The van der Waals surface area contributed by atoms with Crippen molar-refractivity contribution in [1.82, 2.24) is 20.2 Å². The first-order valence-electron chi connectivity index (χ1n) is 8.29. The molecule has 130 valence electrons. The third-order valence-corrected chi connectivity index (χ3v) is 4.85. The van der Waals surface area contributed by atoms with Gasteiger partial charge in [0, 0.05) is 23.7 Å². The standard InChI is InChI=1S/C20H17ClN4O/c1-11-3-5-14(6-4-11)16-9-15-7-13(10-22-20(15)23-16)8-17(26)19-18(21)12(2)24-25-19/h3-7,9-10H,8H2,1-2H3,(H,22,23)(H,24,25). The number of Topliss-reactive ketones (excluding diaryl/α,β-unsaturated/α-hetero) is 1. The average molecular weight is 365 g/mol. The number of fused-ring (bicyclic) bond motifs is 1. The number of pyridine rings is 1. The summed E-state index contributed by atoms with van der Waals surface area (Å²) in [6, 6.07) is 12.3. The quantitative estimate of drug-likeness (QED) is 0.517. The molecule has 3 aromatic heterocycles. The Morgan fingerprint density at radius 3 is 2.62 bits per heavy atom. The van der Waals surface area contributed by atoms with E-state index in [1.54, 1.807) is 13.1 Å². The highest BCUT2D eigenvalue weighted by Crippen LogP contribution is 2.25. The fourth-order valence-corrected chi connectivity index (χ4v) is 3.11. The first-order chi connectivity index (χ1) is 12.5. The number of aryl methyl sites for hydroxylation is 2. The molecule has 0 radical (unpaired) electrons. The number of aromatic amines is 2. The van der Waals surface area contributed by atoms with Crippen LogP contribution >= 0.6 is 11.6 Å². The largest absolute Gasteiger partial charge is 0.339 e. The summed E-state index contributed by atoms with van der Waals surface area (Å²) >= 11 is 6.11. The Bertz CT molecular complexity index is 1110. The van der Waals surface area contributed by atoms with E-state index < -0.39 is 0 Å². The lowest BCUT2D eigenvalue weighted by atomic mass is 10.1. The second-order valence-corrected chi connectivity index (χ2v) is 6.82. The summed E-state index contributed by atoms with van der Waals surface area (Å²) < 4.78 is 0. The van der Waals surface area contributed by atoms with E-state index in [2.05, 4.69) is 51.4 Å². The summed E-state index contributed by atoms with van der Waals surface area (Å²) in [6.45, 7) is 3.85. The molecule has 0 unspecified atom stereocenters. The molecule has 0 saturated carbocycles. The van der Waals surface area contributed by atoms with Gasteiger partial charge in [0.2, 0.25) is 0 Å². The summed E-state index contributed by atoms with van der Waals surface area (Å²) in [5.74, 6) is -0.130. The van der Waals surface area contributed by atoms with Gasteiger partial charge in [-0.15, -0.1) is 0 Å². The molecule has 6 heteroatoms. The van der Waals surface area contributed by atoms with Crippen LogP contribution in [0.3, 0.4) is 0 Å². The van der Waals surface area contributed by atoms with E-state index in [4.69, 9.17) is 11.6 Å². The predicted octanol–water partition coefficient (Wildman–Crippen LogP) is 4.65. The minimum atomic E-state index is -0.130. The number of carbonyl (C=O) groups is 1. The lowest BCUT2D eigenvalue weighted by molar-refractivity contribution is 0.0988. The highest BCUT2D eigenvalue weighted by atomic mass is 35.5. The van der Waals surface area contributed by atoms with Crippen LogP contribution < -0.4 is 0 Å². The molecule has 0 aliphatic heterocycles. The smallest absolute Gasteiger partial charge is 0.189 e. The summed E-state index contributed by atoms with van der Waals surface area (Å²) in [5.41, 5.74) is 5.91. The summed E-state index contributed by atoms with van der Waals surface area (Å²) in [6.07, 6.45) is 1.92. The monoisotopic (exact) mass is 364 g/mol. The van der Waals surface area contributed by atoms with E-state index >= 15 is 0 Å². The molecule has 2 N–H and O–H groups in total. The molecule has 1 aromatic carbocycles. The second kappa shape index (κ2) is 6.42. The third-order valence-electron chi connectivity index (χ3n) is 4.39. The fourth-order valence-electron chi connectivity index (χ4n) is 2.92. The Morgan fingerprint density at radius 2 is 1.92 bits per heavy atom. The van der Waals surface area contributed by atoms with Crippen molar-refractivity contribution in [3.63, 3.8) is 0 Å². The number of hydrogen-bond acceptors (Lipinski definition) is 3. The predicted molar refractivity (Wildman–Crippen MR) is 103 cm³/mol. The lowest BCUT2D eigenvalue weighted by Crippen LogP contribution is -2.05. The van der Waals surface area contributed by atoms with Gasteiger partial charge >= 0.3 is 0 Å². The number of nitrogens with one attached hydrogen (secondary N) is 2. The van der Waals surface area contributed by atoms with Crippen LogP contribution in [0, 0.1) is 13.8 Å². The Labute approximate surface area is 155 Å². The van der Waals surface area contributed by atoms with Gasteiger partial charge in [0.1, 0.15) is 11.3 Å². The number of hydrogen-bond donors (Lipinski definition) is 2. The van der Waals surface area contributed by atoms with E-state index in [0.29, 0.717) is 10.7 Å². The molecule has 5 nitrogen and oxygen atoms in total. The zero-order chi connectivity index (χ0) is 18.3. The fraction of sp³-hybridized carbons (Fsp3) is 0.150. The lowest BCUT2D eigenvalue weighted by Gasteiger charge is -1.99. The minimum absolute atomic E-state index is 0.130. The Morgan fingerprint density at radius 1 is 1.15 bits per heavy atom. The van der Waals surface area contributed by atoms with Crippen LogP contribution in [0.15, 0.2) is 42.6 Å². The van der Waals surface area contributed by atoms with Gasteiger partial charge in [0.15, 0.2) is 5.78 Å². The van der Waals surface area contributed by atoms with Gasteiger partial charge in [0.25, 0.3) is 0 Å². The number of aromatic nitrogens is 4. The van der Waals surface area contributed by atoms with Gasteiger partial charge in [-0.05, 0) is 37.1 Å². The molecule has 0 spiro atoms. The molecule has 3 heterocycles. The first kappa shape index (κ1) is 16.5. The Hall–Kier alpha value is -2.92. The number of nitrogens with zero attached hydrogens (tertiary/aromatic N) is 2. The molecular formula is C20H17ClN4O. The van der Waals surface area contributed by atoms with Crippen LogP contribution in [0.1, 0.15) is 27.3 Å². The second-order valence-electron chi connectivity index (χ2n) is 6.44. The number of H-pyrrole nitrogens is 2. The molecule has 0 amide bonds. The highest BCUT2D eigenvalue weighted by molar-refractivity contribution is 6.34. The van der Waals surface area contributed by atoms with Gasteiger partial charge in [-0.25, -0.2) is 4.98 Å². The minimum Gasteiger partial charge on any atom is -0.339 e. The number of halogens is 1. The normalized spacial score (nSPS) is 11.2. The number of benzene rings is 1.